The minimum Gasteiger partial charge on any atom is -0.493 e. The number of benzene rings is 2. The van der Waals surface area contributed by atoms with Crippen molar-refractivity contribution in [2.24, 2.45) is 10.7 Å². The Balaban J connectivity index is 0.00000141. The van der Waals surface area contributed by atoms with E-state index >= 15 is 0 Å². The van der Waals surface area contributed by atoms with Crippen molar-refractivity contribution >= 4 is 23.8 Å². The molecule has 0 aliphatic carbocycles. The van der Waals surface area contributed by atoms with Crippen LogP contribution in [0.15, 0.2) is 53.5 Å². The average Bonchev–Trinajstić information content (AvgIpc) is 2.87. The van der Waals surface area contributed by atoms with Gasteiger partial charge in [0.1, 0.15) is 5.75 Å². The maximum atomic E-state index is 13.1. The van der Waals surface area contributed by atoms with Crippen LogP contribution < -0.4 is 15.8 Å². The van der Waals surface area contributed by atoms with Gasteiger partial charge in [0.15, 0.2) is 5.96 Å². The molecule has 2 amide bonds. The Hall–Kier alpha value is -3.61. The van der Waals surface area contributed by atoms with Gasteiger partial charge < -0.3 is 15.8 Å². The molecule has 4 aliphatic heterocycles. The number of nitrogens with one attached hydrogen (secondary N) is 1. The van der Waals surface area contributed by atoms with Crippen molar-refractivity contribution in [2.75, 3.05) is 6.61 Å². The lowest BCUT2D eigenvalue weighted by Crippen LogP contribution is -2.50. The molecule has 6 rings (SSSR count). The van der Waals surface area contributed by atoms with Crippen LogP contribution in [0, 0.1) is 0 Å². The van der Waals surface area contributed by atoms with Gasteiger partial charge in [-0.05, 0) is 55.2 Å². The summed E-state index contributed by atoms with van der Waals surface area (Å²) in [5, 5.41) is 3.09. The highest BCUT2D eigenvalue weighted by molar-refractivity contribution is 5.99. The molecule has 0 spiro atoms. The van der Waals surface area contributed by atoms with Crippen molar-refractivity contribution in [3.63, 3.8) is 0 Å². The predicted molar refractivity (Wildman–Crippen MR) is 138 cm³/mol. The summed E-state index contributed by atoms with van der Waals surface area (Å²) in [6.45, 7) is 6.45. The van der Waals surface area contributed by atoms with Crippen molar-refractivity contribution in [3.05, 3.63) is 70.8 Å². The smallest absolute Gasteiger partial charge is 0.251 e. The van der Waals surface area contributed by atoms with E-state index in [1.807, 2.05) is 45.0 Å². The Bertz CT molecular complexity index is 1160. The molecule has 2 unspecified atom stereocenters. The van der Waals surface area contributed by atoms with E-state index in [9.17, 15) is 9.59 Å². The maximum absolute atomic E-state index is 13.1. The van der Waals surface area contributed by atoms with Gasteiger partial charge in [-0.3, -0.25) is 14.5 Å². The third kappa shape index (κ3) is 5.24. The van der Waals surface area contributed by atoms with E-state index < -0.39 is 0 Å². The fraction of sp³-hybridized carbons (Fsp3) is 0.393. The number of guanidine groups is 1. The topological polar surface area (TPSA) is 97.0 Å². The zero-order chi connectivity index (χ0) is 24.9. The molecule has 4 heterocycles. The quantitative estimate of drug-likeness (QED) is 0.576. The number of allylic oxidation sites excluding steroid dienone is 1. The second kappa shape index (κ2) is 10.8. The van der Waals surface area contributed by atoms with Crippen LogP contribution in [0.3, 0.4) is 0 Å². The fourth-order valence-corrected chi connectivity index (χ4v) is 4.81. The van der Waals surface area contributed by atoms with Gasteiger partial charge in [-0.2, -0.15) is 0 Å². The van der Waals surface area contributed by atoms with Gasteiger partial charge in [-0.15, -0.1) is 0 Å². The summed E-state index contributed by atoms with van der Waals surface area (Å²) in [6, 6.07) is 12.9. The van der Waals surface area contributed by atoms with Crippen LogP contribution in [0.4, 0.5) is 0 Å². The van der Waals surface area contributed by atoms with Crippen molar-refractivity contribution in [1.82, 2.24) is 10.2 Å². The Morgan fingerprint density at radius 1 is 1.11 bits per heavy atom. The lowest BCUT2D eigenvalue weighted by Gasteiger charge is -2.38. The van der Waals surface area contributed by atoms with Gasteiger partial charge in [-0.1, -0.05) is 44.2 Å². The number of hydrogen-bond acceptors (Lipinski definition) is 5. The highest BCUT2D eigenvalue weighted by Crippen LogP contribution is 2.38. The molecule has 6 bridgehead atoms. The lowest BCUT2D eigenvalue weighted by atomic mass is 9.94. The number of carbonyl (C=O) groups excluding carboxylic acids is 2. The molecule has 4 aliphatic rings. The lowest BCUT2D eigenvalue weighted by molar-refractivity contribution is -0.130. The highest BCUT2D eigenvalue weighted by Gasteiger charge is 2.36. The molecule has 2 aromatic carbocycles. The monoisotopic (exact) mass is 474 g/mol. The van der Waals surface area contributed by atoms with E-state index in [0.717, 1.165) is 29.5 Å². The first-order valence-corrected chi connectivity index (χ1v) is 12.5. The molecule has 0 saturated heterocycles. The summed E-state index contributed by atoms with van der Waals surface area (Å²) in [4.78, 5) is 32.5. The van der Waals surface area contributed by atoms with E-state index in [2.05, 4.69) is 28.5 Å². The number of carbonyl (C=O) groups is 2. The van der Waals surface area contributed by atoms with Crippen LogP contribution in [0.25, 0.3) is 6.08 Å². The molecule has 35 heavy (non-hydrogen) atoms. The van der Waals surface area contributed by atoms with Gasteiger partial charge in [0.25, 0.3) is 5.91 Å². The summed E-state index contributed by atoms with van der Waals surface area (Å²) in [5.74, 6) is 0.705. The molecular formula is C28H34N4O3. The number of nitrogens with zero attached hydrogens (tertiary/aromatic N) is 2. The first kappa shape index (κ1) is 24.5. The first-order chi connectivity index (χ1) is 17.0. The Morgan fingerprint density at radius 3 is 2.74 bits per heavy atom. The molecule has 184 valence electrons. The summed E-state index contributed by atoms with van der Waals surface area (Å²) >= 11 is 0. The third-order valence-corrected chi connectivity index (χ3v) is 6.57. The van der Waals surface area contributed by atoms with Crippen LogP contribution in [0.5, 0.6) is 5.75 Å². The van der Waals surface area contributed by atoms with Crippen molar-refractivity contribution < 1.29 is 14.3 Å². The molecule has 7 heteroatoms. The second-order valence-corrected chi connectivity index (χ2v) is 8.86. The number of hydrogen-bond donors (Lipinski definition) is 2. The maximum Gasteiger partial charge on any atom is 0.251 e. The number of aliphatic imine (C=N–C) groups is 1. The number of amides is 2. The zero-order valence-electron chi connectivity index (χ0n) is 20.7. The van der Waals surface area contributed by atoms with E-state index in [1.165, 1.54) is 0 Å². The normalized spacial score (nSPS) is 24.6. The van der Waals surface area contributed by atoms with Gasteiger partial charge in [-0.25, -0.2) is 4.99 Å². The van der Waals surface area contributed by atoms with Gasteiger partial charge >= 0.3 is 0 Å². The largest absolute Gasteiger partial charge is 0.493 e. The zero-order valence-corrected chi connectivity index (χ0v) is 20.7. The highest BCUT2D eigenvalue weighted by atomic mass is 16.5. The SMILES string of the molecule is CC.CC1NC(=O)c2ccc3c(c2)[C@@H](CCO3)N2C(=O)CC(CC/C=C/c3cccc1c3)N=C2N. The molecule has 0 saturated carbocycles. The first-order valence-electron chi connectivity index (χ1n) is 12.5. The van der Waals surface area contributed by atoms with Crippen LogP contribution in [0.2, 0.25) is 0 Å². The van der Waals surface area contributed by atoms with E-state index in [0.29, 0.717) is 30.8 Å². The molecule has 0 aromatic heterocycles. The molecule has 3 N–H and O–H groups in total. The standard InChI is InChI=1S/C26H28N4O3.C2H6/c1-16-18-7-4-6-17(13-18)5-2-3-8-20-15-24(31)30(26(27)29-20)22-11-12-33-23-10-9-19(14-21(22)23)25(32)28-16;1-2/h2,4-7,9-10,13-14,16,20,22H,3,8,11-12,15H2,1H3,(H2,27,29)(H,28,32);1-2H3/b5-2+;/t16?,20?,22-;/m1./s1. The third-order valence-electron chi connectivity index (χ3n) is 6.57. The number of ether oxygens (including phenoxy) is 1. The summed E-state index contributed by atoms with van der Waals surface area (Å²) in [5.41, 5.74) is 9.73. The van der Waals surface area contributed by atoms with Gasteiger partial charge in [0.2, 0.25) is 5.91 Å². The summed E-state index contributed by atoms with van der Waals surface area (Å²) < 4.78 is 5.82. The Morgan fingerprint density at radius 2 is 1.94 bits per heavy atom. The van der Waals surface area contributed by atoms with Crippen LogP contribution in [-0.2, 0) is 4.79 Å². The van der Waals surface area contributed by atoms with Gasteiger partial charge in [0, 0.05) is 24.0 Å². The number of fused-ring (bicyclic) bond motifs is 5. The Kier molecular flexibility index (Phi) is 7.54. The summed E-state index contributed by atoms with van der Waals surface area (Å²) in [6.07, 6.45) is 6.65. The van der Waals surface area contributed by atoms with E-state index in [4.69, 9.17) is 10.5 Å². The molecule has 3 atom stereocenters. The minimum atomic E-state index is -0.299. The molecule has 2 aromatic rings. The van der Waals surface area contributed by atoms with Crippen LogP contribution in [0.1, 0.15) is 85.6 Å². The van der Waals surface area contributed by atoms with Crippen LogP contribution in [-0.4, -0.2) is 35.3 Å². The number of nitrogens with two attached hydrogens (primary N) is 1. The van der Waals surface area contributed by atoms with Gasteiger partial charge in [0.05, 0.1) is 24.7 Å². The molecule has 7 nitrogen and oxygen atoms in total. The minimum absolute atomic E-state index is 0.0355. The predicted octanol–water partition coefficient (Wildman–Crippen LogP) is 4.75. The average molecular weight is 475 g/mol. The van der Waals surface area contributed by atoms with E-state index in [-0.39, 0.29) is 35.9 Å². The molecule has 0 radical (unpaired) electrons. The Labute approximate surface area is 207 Å². The van der Waals surface area contributed by atoms with Crippen molar-refractivity contribution in [1.29, 1.82) is 0 Å². The van der Waals surface area contributed by atoms with Crippen molar-refractivity contribution in [3.8, 4) is 5.75 Å². The second-order valence-electron chi connectivity index (χ2n) is 8.86. The fourth-order valence-electron chi connectivity index (χ4n) is 4.81. The van der Waals surface area contributed by atoms with E-state index in [1.54, 1.807) is 17.0 Å². The van der Waals surface area contributed by atoms with Crippen LogP contribution >= 0.6 is 0 Å². The molecule has 0 fully saturated rings. The van der Waals surface area contributed by atoms with Crippen molar-refractivity contribution in [2.45, 2.75) is 64.6 Å². The molecular weight excluding hydrogens is 440 g/mol. The summed E-state index contributed by atoms with van der Waals surface area (Å²) in [7, 11) is 0. The number of rotatable bonds is 0.